The molecular formula is C21H25N7O2. The molecule has 0 unspecified atom stereocenters. The lowest BCUT2D eigenvalue weighted by atomic mass is 10.1. The predicted molar refractivity (Wildman–Crippen MR) is 109 cm³/mol. The molecule has 0 radical (unpaired) electrons. The van der Waals surface area contributed by atoms with Crippen LogP contribution in [0.15, 0.2) is 36.4 Å². The second-order valence-electron chi connectivity index (χ2n) is 7.55. The molecule has 0 saturated carbocycles. The lowest BCUT2D eigenvalue weighted by Crippen LogP contribution is -2.39. The minimum absolute atomic E-state index is 0.0109. The minimum Gasteiger partial charge on any atom is -0.350 e. The standard InChI is InChI=1S/C21H25N7O2/c1-15-10-16(2)27(24-15)9-8-20(29)22-11-18-19-13-26(12-17-6-4-3-5-7-17)21(30)14-28(19)25-23-18/h3-7,10H,8-9,11-14H2,1-2H3,(H,22,29). The zero-order valence-corrected chi connectivity index (χ0v) is 17.2. The summed E-state index contributed by atoms with van der Waals surface area (Å²) in [6.07, 6.45) is 0.337. The Morgan fingerprint density at radius 1 is 1.17 bits per heavy atom. The molecule has 30 heavy (non-hydrogen) atoms. The topological polar surface area (TPSA) is 97.9 Å². The second kappa shape index (κ2) is 8.48. The van der Waals surface area contributed by atoms with Gasteiger partial charge < -0.3 is 10.2 Å². The van der Waals surface area contributed by atoms with E-state index >= 15 is 0 Å². The van der Waals surface area contributed by atoms with Crippen molar-refractivity contribution < 1.29 is 9.59 Å². The van der Waals surface area contributed by atoms with Gasteiger partial charge in [-0.1, -0.05) is 35.5 Å². The van der Waals surface area contributed by atoms with Crippen molar-refractivity contribution in [1.82, 2.24) is 35.0 Å². The fourth-order valence-corrected chi connectivity index (χ4v) is 3.63. The van der Waals surface area contributed by atoms with Gasteiger partial charge in [0.15, 0.2) is 0 Å². The number of aromatic nitrogens is 5. The van der Waals surface area contributed by atoms with Crippen molar-refractivity contribution >= 4 is 11.8 Å². The molecule has 9 nitrogen and oxygen atoms in total. The molecule has 2 aromatic heterocycles. The number of nitrogens with zero attached hydrogens (tertiary/aromatic N) is 6. The van der Waals surface area contributed by atoms with Crippen LogP contribution in [0.5, 0.6) is 0 Å². The van der Waals surface area contributed by atoms with Gasteiger partial charge in [0.25, 0.3) is 0 Å². The van der Waals surface area contributed by atoms with Crippen molar-refractivity contribution in [2.75, 3.05) is 0 Å². The molecule has 2 amide bonds. The maximum absolute atomic E-state index is 12.4. The molecule has 3 heterocycles. The molecule has 0 aliphatic carbocycles. The van der Waals surface area contributed by atoms with Crippen LogP contribution in [-0.4, -0.2) is 41.5 Å². The minimum atomic E-state index is -0.0719. The van der Waals surface area contributed by atoms with Gasteiger partial charge in [0.1, 0.15) is 12.2 Å². The molecule has 0 fully saturated rings. The summed E-state index contributed by atoms with van der Waals surface area (Å²) in [7, 11) is 0. The summed E-state index contributed by atoms with van der Waals surface area (Å²) < 4.78 is 3.46. The van der Waals surface area contributed by atoms with Gasteiger partial charge in [-0.2, -0.15) is 5.10 Å². The number of carbonyl (C=O) groups excluding carboxylic acids is 2. The summed E-state index contributed by atoms with van der Waals surface area (Å²) in [5, 5.41) is 15.6. The fourth-order valence-electron chi connectivity index (χ4n) is 3.63. The molecule has 9 heteroatoms. The molecule has 0 bridgehead atoms. The zero-order chi connectivity index (χ0) is 21.1. The monoisotopic (exact) mass is 407 g/mol. The molecule has 0 spiro atoms. The van der Waals surface area contributed by atoms with E-state index < -0.39 is 0 Å². The summed E-state index contributed by atoms with van der Waals surface area (Å²) in [5.41, 5.74) is 4.62. The number of rotatable bonds is 7. The Balaban J connectivity index is 1.35. The molecule has 1 aliphatic rings. The van der Waals surface area contributed by atoms with Crippen LogP contribution >= 0.6 is 0 Å². The van der Waals surface area contributed by atoms with Crippen LogP contribution in [0, 0.1) is 13.8 Å². The van der Waals surface area contributed by atoms with Gasteiger partial charge in [-0.25, -0.2) is 4.68 Å². The fraction of sp³-hybridized carbons (Fsp3) is 0.381. The number of benzene rings is 1. The summed E-state index contributed by atoms with van der Waals surface area (Å²) in [4.78, 5) is 26.5. The van der Waals surface area contributed by atoms with Gasteiger partial charge in [-0.3, -0.25) is 14.3 Å². The molecule has 4 rings (SSSR count). The molecule has 1 aliphatic heterocycles. The first-order valence-electron chi connectivity index (χ1n) is 10.0. The smallest absolute Gasteiger partial charge is 0.245 e. The average Bonchev–Trinajstić information content (AvgIpc) is 3.27. The lowest BCUT2D eigenvalue weighted by molar-refractivity contribution is -0.135. The third-order valence-corrected chi connectivity index (χ3v) is 5.22. The van der Waals surface area contributed by atoms with Gasteiger partial charge in [0, 0.05) is 25.2 Å². The van der Waals surface area contributed by atoms with Crippen molar-refractivity contribution in [3.05, 3.63) is 64.7 Å². The number of nitrogens with one attached hydrogen (secondary N) is 1. The predicted octanol–water partition coefficient (Wildman–Crippen LogP) is 1.34. The number of fused-ring (bicyclic) bond motifs is 1. The van der Waals surface area contributed by atoms with E-state index in [-0.39, 0.29) is 18.4 Å². The summed E-state index contributed by atoms with van der Waals surface area (Å²) >= 11 is 0. The van der Waals surface area contributed by atoms with E-state index in [2.05, 4.69) is 20.7 Å². The third-order valence-electron chi connectivity index (χ3n) is 5.22. The highest BCUT2D eigenvalue weighted by molar-refractivity contribution is 5.77. The Morgan fingerprint density at radius 3 is 2.70 bits per heavy atom. The average molecular weight is 407 g/mol. The molecule has 156 valence electrons. The molecule has 3 aromatic rings. The number of hydrogen-bond donors (Lipinski definition) is 1. The van der Waals surface area contributed by atoms with Crippen LogP contribution in [0.1, 0.15) is 34.8 Å². The zero-order valence-electron chi connectivity index (χ0n) is 17.2. The highest BCUT2D eigenvalue weighted by Crippen LogP contribution is 2.18. The van der Waals surface area contributed by atoms with Gasteiger partial charge in [-0.15, -0.1) is 5.10 Å². The van der Waals surface area contributed by atoms with Crippen LogP contribution in [0.2, 0.25) is 0 Å². The quantitative estimate of drug-likeness (QED) is 0.637. The van der Waals surface area contributed by atoms with Crippen LogP contribution in [0.3, 0.4) is 0 Å². The lowest BCUT2D eigenvalue weighted by Gasteiger charge is -2.27. The van der Waals surface area contributed by atoms with E-state index in [9.17, 15) is 9.59 Å². The van der Waals surface area contributed by atoms with Gasteiger partial charge >= 0.3 is 0 Å². The van der Waals surface area contributed by atoms with E-state index in [4.69, 9.17) is 0 Å². The molecule has 0 atom stereocenters. The highest BCUT2D eigenvalue weighted by Gasteiger charge is 2.27. The van der Waals surface area contributed by atoms with E-state index in [0.29, 0.717) is 38.3 Å². The van der Waals surface area contributed by atoms with E-state index in [0.717, 1.165) is 22.6 Å². The SMILES string of the molecule is Cc1cc(C)n(CCC(=O)NCc2nnn3c2CN(Cc2ccccc2)C(=O)C3)n1. The van der Waals surface area contributed by atoms with Crippen molar-refractivity contribution in [3.8, 4) is 0 Å². The summed E-state index contributed by atoms with van der Waals surface area (Å²) in [6.45, 7) is 5.87. The first kappa shape index (κ1) is 19.8. The van der Waals surface area contributed by atoms with Crippen LogP contribution in [-0.2, 0) is 42.3 Å². The van der Waals surface area contributed by atoms with E-state index in [1.165, 1.54) is 0 Å². The first-order chi connectivity index (χ1) is 14.5. The number of carbonyl (C=O) groups is 2. The number of aryl methyl sites for hydroxylation is 3. The first-order valence-corrected chi connectivity index (χ1v) is 10.0. The normalized spacial score (nSPS) is 13.4. The van der Waals surface area contributed by atoms with Crippen LogP contribution in [0.25, 0.3) is 0 Å². The summed E-state index contributed by atoms with van der Waals surface area (Å²) in [6, 6.07) is 11.9. The largest absolute Gasteiger partial charge is 0.350 e. The third kappa shape index (κ3) is 4.40. The van der Waals surface area contributed by atoms with Crippen molar-refractivity contribution in [1.29, 1.82) is 0 Å². The highest BCUT2D eigenvalue weighted by atomic mass is 16.2. The van der Waals surface area contributed by atoms with E-state index in [1.807, 2.05) is 54.9 Å². The Labute approximate surface area is 174 Å². The molecule has 1 N–H and O–H groups in total. The molecule has 0 saturated heterocycles. The second-order valence-corrected chi connectivity index (χ2v) is 7.55. The van der Waals surface area contributed by atoms with Crippen molar-refractivity contribution in [3.63, 3.8) is 0 Å². The molecular weight excluding hydrogens is 382 g/mol. The number of amides is 2. The van der Waals surface area contributed by atoms with Crippen molar-refractivity contribution in [2.24, 2.45) is 0 Å². The van der Waals surface area contributed by atoms with E-state index in [1.54, 1.807) is 9.58 Å². The Kier molecular flexibility index (Phi) is 5.60. The van der Waals surface area contributed by atoms with Crippen LogP contribution < -0.4 is 5.32 Å². The van der Waals surface area contributed by atoms with Gasteiger partial charge in [-0.05, 0) is 25.5 Å². The number of hydrogen-bond acceptors (Lipinski definition) is 5. The Hall–Kier alpha value is -3.49. The van der Waals surface area contributed by atoms with Gasteiger partial charge in [0.2, 0.25) is 11.8 Å². The summed E-state index contributed by atoms with van der Waals surface area (Å²) in [5.74, 6) is -0.0611. The van der Waals surface area contributed by atoms with Crippen molar-refractivity contribution in [2.45, 2.75) is 53.0 Å². The Bertz CT molecular complexity index is 1050. The Morgan fingerprint density at radius 2 is 1.97 bits per heavy atom. The maximum atomic E-state index is 12.4. The maximum Gasteiger partial charge on any atom is 0.245 e. The van der Waals surface area contributed by atoms with Crippen LogP contribution in [0.4, 0.5) is 0 Å². The molecule has 1 aromatic carbocycles. The van der Waals surface area contributed by atoms with Gasteiger partial charge in [0.05, 0.1) is 24.5 Å².